The number of halogens is 2. The molecule has 0 aliphatic carbocycles. The summed E-state index contributed by atoms with van der Waals surface area (Å²) < 4.78 is 37.7. The minimum absolute atomic E-state index is 0.127. The SMILES string of the molecule is CS(=O)(=O)c1ccccc1-c1cccc(Br)c1F. The molecule has 0 fully saturated rings. The largest absolute Gasteiger partial charge is 0.224 e. The van der Waals surface area contributed by atoms with Gasteiger partial charge in [-0.05, 0) is 28.1 Å². The van der Waals surface area contributed by atoms with Crippen LogP contribution in [-0.2, 0) is 9.84 Å². The summed E-state index contributed by atoms with van der Waals surface area (Å²) in [7, 11) is -3.39. The fraction of sp³-hybridized carbons (Fsp3) is 0.0769. The topological polar surface area (TPSA) is 34.1 Å². The molecule has 94 valence electrons. The zero-order valence-corrected chi connectivity index (χ0v) is 11.9. The monoisotopic (exact) mass is 328 g/mol. The molecular formula is C13H10BrFO2S. The molecule has 0 unspecified atom stereocenters. The van der Waals surface area contributed by atoms with Crippen molar-refractivity contribution in [3.63, 3.8) is 0 Å². The first-order chi connectivity index (χ1) is 8.41. The molecule has 2 aromatic rings. The summed E-state index contributed by atoms with van der Waals surface area (Å²) in [6.07, 6.45) is 1.11. The van der Waals surface area contributed by atoms with Gasteiger partial charge in [0, 0.05) is 17.4 Å². The minimum Gasteiger partial charge on any atom is -0.224 e. The van der Waals surface area contributed by atoms with E-state index in [-0.39, 0.29) is 10.5 Å². The summed E-state index contributed by atoms with van der Waals surface area (Å²) >= 11 is 3.09. The van der Waals surface area contributed by atoms with E-state index >= 15 is 0 Å². The molecule has 0 heterocycles. The molecule has 2 nitrogen and oxygen atoms in total. The molecule has 0 spiro atoms. The van der Waals surface area contributed by atoms with Gasteiger partial charge in [0.05, 0.1) is 9.37 Å². The smallest absolute Gasteiger partial charge is 0.176 e. The maximum atomic E-state index is 14.0. The van der Waals surface area contributed by atoms with Crippen molar-refractivity contribution in [3.05, 3.63) is 52.8 Å². The maximum absolute atomic E-state index is 14.0. The van der Waals surface area contributed by atoms with E-state index in [2.05, 4.69) is 15.9 Å². The van der Waals surface area contributed by atoms with Crippen LogP contribution in [0.5, 0.6) is 0 Å². The van der Waals surface area contributed by atoms with Gasteiger partial charge in [0.2, 0.25) is 0 Å². The van der Waals surface area contributed by atoms with Crippen LogP contribution in [-0.4, -0.2) is 14.7 Å². The van der Waals surface area contributed by atoms with Crippen molar-refractivity contribution < 1.29 is 12.8 Å². The second kappa shape index (κ2) is 4.82. The summed E-state index contributed by atoms with van der Waals surface area (Å²) in [4.78, 5) is 0.127. The van der Waals surface area contributed by atoms with Crippen molar-refractivity contribution in [2.24, 2.45) is 0 Å². The molecule has 0 N–H and O–H groups in total. The predicted molar refractivity (Wildman–Crippen MR) is 72.6 cm³/mol. The normalized spacial score (nSPS) is 11.5. The summed E-state index contributed by atoms with van der Waals surface area (Å²) in [5.74, 6) is -0.464. The van der Waals surface area contributed by atoms with Crippen molar-refractivity contribution in [2.75, 3.05) is 6.26 Å². The lowest BCUT2D eigenvalue weighted by molar-refractivity contribution is 0.602. The average Bonchev–Trinajstić information content (AvgIpc) is 2.32. The molecule has 0 bridgehead atoms. The highest BCUT2D eigenvalue weighted by atomic mass is 79.9. The molecule has 0 aliphatic heterocycles. The number of sulfone groups is 1. The van der Waals surface area contributed by atoms with Crippen molar-refractivity contribution in [1.29, 1.82) is 0 Å². The fourth-order valence-electron chi connectivity index (χ4n) is 1.72. The van der Waals surface area contributed by atoms with Gasteiger partial charge in [-0.3, -0.25) is 0 Å². The maximum Gasteiger partial charge on any atom is 0.176 e. The molecule has 0 saturated heterocycles. The van der Waals surface area contributed by atoms with Gasteiger partial charge in [-0.1, -0.05) is 30.3 Å². The highest BCUT2D eigenvalue weighted by Gasteiger charge is 2.17. The molecule has 0 amide bonds. The van der Waals surface area contributed by atoms with Crippen LogP contribution in [0.1, 0.15) is 0 Å². The van der Waals surface area contributed by atoms with E-state index in [0.717, 1.165) is 6.26 Å². The van der Waals surface area contributed by atoms with Gasteiger partial charge in [0.15, 0.2) is 9.84 Å². The molecule has 0 saturated carbocycles. The lowest BCUT2D eigenvalue weighted by atomic mass is 10.1. The highest BCUT2D eigenvalue weighted by Crippen LogP contribution is 2.32. The van der Waals surface area contributed by atoms with Gasteiger partial charge in [-0.15, -0.1) is 0 Å². The molecule has 0 aromatic heterocycles. The van der Waals surface area contributed by atoms with Crippen molar-refractivity contribution in [1.82, 2.24) is 0 Å². The van der Waals surface area contributed by atoms with Crippen LogP contribution in [0.3, 0.4) is 0 Å². The van der Waals surface area contributed by atoms with Gasteiger partial charge in [0.25, 0.3) is 0 Å². The van der Waals surface area contributed by atoms with E-state index in [0.29, 0.717) is 10.0 Å². The third-order valence-corrected chi connectivity index (χ3v) is 4.30. The van der Waals surface area contributed by atoms with Crippen molar-refractivity contribution in [2.45, 2.75) is 4.90 Å². The molecule has 0 aliphatic rings. The van der Waals surface area contributed by atoms with Crippen LogP contribution in [0.15, 0.2) is 51.8 Å². The van der Waals surface area contributed by atoms with Gasteiger partial charge in [-0.2, -0.15) is 0 Å². The average molecular weight is 329 g/mol. The van der Waals surface area contributed by atoms with Gasteiger partial charge < -0.3 is 0 Å². The van der Waals surface area contributed by atoms with E-state index < -0.39 is 15.7 Å². The number of rotatable bonds is 2. The lowest BCUT2D eigenvalue weighted by Crippen LogP contribution is -2.00. The molecule has 2 rings (SSSR count). The Bertz CT molecular complexity index is 696. The second-order valence-corrected chi connectivity index (χ2v) is 6.71. The van der Waals surface area contributed by atoms with Crippen LogP contribution in [0, 0.1) is 5.82 Å². The van der Waals surface area contributed by atoms with Crippen LogP contribution >= 0.6 is 15.9 Å². The Labute approximate surface area is 114 Å². The second-order valence-electron chi connectivity index (χ2n) is 3.87. The first kappa shape index (κ1) is 13.2. The van der Waals surface area contributed by atoms with Gasteiger partial charge in [-0.25, -0.2) is 12.8 Å². The lowest BCUT2D eigenvalue weighted by Gasteiger charge is -2.09. The molecular weight excluding hydrogens is 319 g/mol. The fourth-order valence-corrected chi connectivity index (χ4v) is 2.99. The number of hydrogen-bond donors (Lipinski definition) is 0. The van der Waals surface area contributed by atoms with Crippen molar-refractivity contribution >= 4 is 25.8 Å². The zero-order valence-electron chi connectivity index (χ0n) is 9.52. The van der Waals surface area contributed by atoms with Gasteiger partial charge in [0.1, 0.15) is 5.82 Å². The van der Waals surface area contributed by atoms with Crippen LogP contribution in [0.25, 0.3) is 11.1 Å². The van der Waals surface area contributed by atoms with E-state index in [1.165, 1.54) is 6.07 Å². The molecule has 0 radical (unpaired) electrons. The Morgan fingerprint density at radius 1 is 1.00 bits per heavy atom. The Morgan fingerprint density at radius 3 is 2.28 bits per heavy atom. The van der Waals surface area contributed by atoms with E-state index in [1.807, 2.05) is 0 Å². The minimum atomic E-state index is -3.39. The highest BCUT2D eigenvalue weighted by molar-refractivity contribution is 9.10. The predicted octanol–water partition coefficient (Wildman–Crippen LogP) is 3.66. The van der Waals surface area contributed by atoms with Crippen LogP contribution in [0.4, 0.5) is 4.39 Å². The summed E-state index contributed by atoms with van der Waals surface area (Å²) in [5, 5.41) is 0. The number of benzene rings is 2. The summed E-state index contributed by atoms with van der Waals surface area (Å²) in [6.45, 7) is 0. The van der Waals surface area contributed by atoms with E-state index in [9.17, 15) is 12.8 Å². The Balaban J connectivity index is 2.77. The molecule has 5 heteroatoms. The third kappa shape index (κ3) is 2.47. The summed E-state index contributed by atoms with van der Waals surface area (Å²) in [6, 6.07) is 11.2. The first-order valence-electron chi connectivity index (χ1n) is 5.15. The van der Waals surface area contributed by atoms with E-state index in [1.54, 1.807) is 36.4 Å². The van der Waals surface area contributed by atoms with Crippen LogP contribution in [0.2, 0.25) is 0 Å². The van der Waals surface area contributed by atoms with E-state index in [4.69, 9.17) is 0 Å². The Morgan fingerprint density at radius 2 is 1.61 bits per heavy atom. The Hall–Kier alpha value is -1.20. The Kier molecular flexibility index (Phi) is 3.54. The van der Waals surface area contributed by atoms with Crippen LogP contribution < -0.4 is 0 Å². The zero-order chi connectivity index (χ0) is 13.3. The molecule has 0 atom stereocenters. The standard InChI is InChI=1S/C13H10BrFO2S/c1-18(16,17)12-8-3-2-5-9(12)10-6-4-7-11(14)13(10)15/h2-8H,1H3. The molecule has 2 aromatic carbocycles. The quantitative estimate of drug-likeness (QED) is 0.843. The third-order valence-electron chi connectivity index (χ3n) is 2.53. The number of hydrogen-bond acceptors (Lipinski definition) is 2. The first-order valence-corrected chi connectivity index (χ1v) is 7.83. The molecule has 18 heavy (non-hydrogen) atoms. The van der Waals surface area contributed by atoms with Gasteiger partial charge >= 0.3 is 0 Å². The summed E-state index contributed by atoms with van der Waals surface area (Å²) in [5.41, 5.74) is 0.643. The van der Waals surface area contributed by atoms with Crippen molar-refractivity contribution in [3.8, 4) is 11.1 Å².